The number of imidazole rings is 1. The first kappa shape index (κ1) is 13.1. The quantitative estimate of drug-likeness (QED) is 0.802. The van der Waals surface area contributed by atoms with Gasteiger partial charge in [-0.15, -0.1) is 0 Å². The van der Waals surface area contributed by atoms with Gasteiger partial charge in [0, 0.05) is 5.92 Å². The highest BCUT2D eigenvalue weighted by molar-refractivity contribution is 5.92. The van der Waals surface area contributed by atoms with Crippen molar-refractivity contribution in [2.75, 3.05) is 0 Å². The Bertz CT molecular complexity index is 801. The van der Waals surface area contributed by atoms with Crippen molar-refractivity contribution >= 4 is 23.0 Å². The van der Waals surface area contributed by atoms with Crippen LogP contribution in [0.1, 0.15) is 28.5 Å². The van der Waals surface area contributed by atoms with Crippen LogP contribution in [0.4, 0.5) is 0 Å². The minimum Gasteiger partial charge on any atom is -0.478 e. The van der Waals surface area contributed by atoms with E-state index in [9.17, 15) is 9.59 Å². The molecule has 1 atom stereocenters. The van der Waals surface area contributed by atoms with Gasteiger partial charge in [0.05, 0.1) is 22.2 Å². The molecule has 0 amide bonds. The Balaban J connectivity index is 1.91. The number of aromatic carboxylic acids is 1. The van der Waals surface area contributed by atoms with E-state index in [1.807, 2.05) is 0 Å². The Morgan fingerprint density at radius 2 is 2.05 bits per heavy atom. The van der Waals surface area contributed by atoms with E-state index in [0.717, 1.165) is 0 Å². The van der Waals surface area contributed by atoms with Gasteiger partial charge in [0.1, 0.15) is 5.82 Å². The monoisotopic (exact) mass is 284 g/mol. The van der Waals surface area contributed by atoms with Crippen molar-refractivity contribution in [1.29, 1.82) is 0 Å². The molecule has 0 radical (unpaired) electrons. The highest BCUT2D eigenvalue weighted by atomic mass is 16.4. The number of aromatic amines is 1. The maximum Gasteiger partial charge on any atom is 0.335 e. The molecule has 106 valence electrons. The summed E-state index contributed by atoms with van der Waals surface area (Å²) in [5.41, 5.74) is 1.82. The fraction of sp³-hybridized carbons (Fsp3) is 0.133. The topological polar surface area (TPSA) is 103 Å². The van der Waals surface area contributed by atoms with E-state index in [2.05, 4.69) is 9.97 Å². The molecule has 1 aliphatic carbocycles. The van der Waals surface area contributed by atoms with Crippen LogP contribution in [0.5, 0.6) is 0 Å². The number of hydrogen-bond acceptors (Lipinski definition) is 3. The lowest BCUT2D eigenvalue weighted by Crippen LogP contribution is -2.05. The van der Waals surface area contributed by atoms with Crippen molar-refractivity contribution in [1.82, 2.24) is 9.97 Å². The molecule has 3 rings (SSSR count). The number of carboxylic acid groups (broad SMARTS) is 2. The van der Waals surface area contributed by atoms with Crippen LogP contribution in [-0.2, 0) is 4.79 Å². The summed E-state index contributed by atoms with van der Waals surface area (Å²) >= 11 is 0. The number of fused-ring (bicyclic) bond motifs is 1. The fourth-order valence-electron chi connectivity index (χ4n) is 2.32. The molecule has 1 aliphatic rings. The molecule has 1 unspecified atom stereocenters. The summed E-state index contributed by atoms with van der Waals surface area (Å²) in [6.45, 7) is 0. The predicted molar refractivity (Wildman–Crippen MR) is 75.3 cm³/mol. The highest BCUT2D eigenvalue weighted by Gasteiger charge is 2.17. The van der Waals surface area contributed by atoms with Crippen molar-refractivity contribution in [3.05, 3.63) is 53.4 Å². The summed E-state index contributed by atoms with van der Waals surface area (Å²) in [6.07, 6.45) is 5.55. The largest absolute Gasteiger partial charge is 0.478 e. The number of aromatic nitrogens is 2. The van der Waals surface area contributed by atoms with Gasteiger partial charge in [0.15, 0.2) is 0 Å². The second-order valence-electron chi connectivity index (χ2n) is 4.83. The van der Waals surface area contributed by atoms with Crippen molar-refractivity contribution in [3.8, 4) is 0 Å². The van der Waals surface area contributed by atoms with E-state index < -0.39 is 11.9 Å². The number of aliphatic carboxylic acids is 1. The molecule has 0 saturated carbocycles. The summed E-state index contributed by atoms with van der Waals surface area (Å²) in [6, 6.07) is 4.71. The third-order valence-electron chi connectivity index (χ3n) is 3.45. The lowest BCUT2D eigenvalue weighted by molar-refractivity contribution is -0.132. The third-order valence-corrected chi connectivity index (χ3v) is 3.45. The number of hydrogen-bond donors (Lipinski definition) is 3. The summed E-state index contributed by atoms with van der Waals surface area (Å²) in [7, 11) is 0. The zero-order valence-electron chi connectivity index (χ0n) is 10.9. The third kappa shape index (κ3) is 2.43. The normalized spacial score (nSPS) is 17.7. The number of carboxylic acids is 2. The first-order valence-corrected chi connectivity index (χ1v) is 6.39. The Labute approximate surface area is 119 Å². The average molecular weight is 284 g/mol. The molecule has 0 spiro atoms. The van der Waals surface area contributed by atoms with Crippen molar-refractivity contribution in [3.63, 3.8) is 0 Å². The molecule has 0 aliphatic heterocycles. The Hall–Kier alpha value is -2.89. The molecule has 2 aromatic rings. The van der Waals surface area contributed by atoms with Crippen LogP contribution in [0.15, 0.2) is 42.0 Å². The van der Waals surface area contributed by atoms with Gasteiger partial charge in [0.25, 0.3) is 0 Å². The number of nitrogens with one attached hydrogen (secondary N) is 1. The number of benzene rings is 1. The molecule has 1 aromatic carbocycles. The molecular formula is C15H12N2O4. The van der Waals surface area contributed by atoms with Gasteiger partial charge < -0.3 is 15.2 Å². The van der Waals surface area contributed by atoms with E-state index in [1.165, 1.54) is 6.07 Å². The van der Waals surface area contributed by atoms with Crippen molar-refractivity contribution in [2.45, 2.75) is 12.3 Å². The summed E-state index contributed by atoms with van der Waals surface area (Å²) < 4.78 is 0. The number of carbonyl (C=O) groups is 2. The van der Waals surface area contributed by atoms with Gasteiger partial charge in [-0.3, -0.25) is 0 Å². The number of rotatable bonds is 3. The van der Waals surface area contributed by atoms with Crippen LogP contribution >= 0.6 is 0 Å². The summed E-state index contributed by atoms with van der Waals surface area (Å²) in [5, 5.41) is 17.9. The molecule has 21 heavy (non-hydrogen) atoms. The first-order valence-electron chi connectivity index (χ1n) is 6.39. The Kier molecular flexibility index (Phi) is 3.06. The highest BCUT2D eigenvalue weighted by Crippen LogP contribution is 2.27. The maximum atomic E-state index is 10.9. The second-order valence-corrected chi connectivity index (χ2v) is 4.83. The van der Waals surface area contributed by atoms with E-state index >= 15 is 0 Å². The van der Waals surface area contributed by atoms with E-state index in [-0.39, 0.29) is 17.1 Å². The van der Waals surface area contributed by atoms with E-state index in [4.69, 9.17) is 10.2 Å². The maximum absolute atomic E-state index is 10.9. The molecule has 0 saturated heterocycles. The van der Waals surface area contributed by atoms with Crippen LogP contribution < -0.4 is 0 Å². The average Bonchev–Trinajstić information content (AvgIpc) is 2.90. The predicted octanol–water partition coefficient (Wildman–Crippen LogP) is 2.32. The van der Waals surface area contributed by atoms with E-state index in [0.29, 0.717) is 23.3 Å². The van der Waals surface area contributed by atoms with E-state index in [1.54, 1.807) is 30.4 Å². The Morgan fingerprint density at radius 1 is 1.24 bits per heavy atom. The van der Waals surface area contributed by atoms with Gasteiger partial charge in [0.2, 0.25) is 0 Å². The van der Waals surface area contributed by atoms with Gasteiger partial charge in [-0.25, -0.2) is 14.6 Å². The minimum absolute atomic E-state index is 0.0335. The molecule has 0 bridgehead atoms. The van der Waals surface area contributed by atoms with Crippen molar-refractivity contribution in [2.24, 2.45) is 0 Å². The van der Waals surface area contributed by atoms with Gasteiger partial charge >= 0.3 is 11.9 Å². The van der Waals surface area contributed by atoms with Crippen molar-refractivity contribution < 1.29 is 19.8 Å². The van der Waals surface area contributed by atoms with Crippen LogP contribution in [0, 0.1) is 0 Å². The first-order chi connectivity index (χ1) is 10.0. The van der Waals surface area contributed by atoms with Gasteiger partial charge in [-0.05, 0) is 24.6 Å². The van der Waals surface area contributed by atoms with Gasteiger partial charge in [-0.1, -0.05) is 18.2 Å². The molecule has 3 N–H and O–H groups in total. The zero-order chi connectivity index (χ0) is 15.0. The van der Waals surface area contributed by atoms with Crippen LogP contribution in [-0.4, -0.2) is 32.1 Å². The van der Waals surface area contributed by atoms with Gasteiger partial charge in [-0.2, -0.15) is 0 Å². The fourth-order valence-corrected chi connectivity index (χ4v) is 2.32. The second kappa shape index (κ2) is 4.90. The number of nitrogens with zero attached hydrogens (tertiary/aromatic N) is 1. The Morgan fingerprint density at radius 3 is 2.67 bits per heavy atom. The van der Waals surface area contributed by atoms with Crippen LogP contribution in [0.2, 0.25) is 0 Å². The zero-order valence-corrected chi connectivity index (χ0v) is 10.9. The summed E-state index contributed by atoms with van der Waals surface area (Å²) in [5.74, 6) is -1.27. The van der Waals surface area contributed by atoms with Crippen LogP contribution in [0.3, 0.4) is 0 Å². The molecule has 6 heteroatoms. The molecule has 1 aromatic heterocycles. The van der Waals surface area contributed by atoms with Crippen LogP contribution in [0.25, 0.3) is 11.0 Å². The number of H-pyrrole nitrogens is 1. The molecule has 1 heterocycles. The molecule has 0 fully saturated rings. The lowest BCUT2D eigenvalue weighted by atomic mass is 9.96. The SMILES string of the molecule is O=C(O)C1=CCC(c2nc3ccc(C(=O)O)cc3[nH]2)C=C1. The number of allylic oxidation sites excluding steroid dienone is 2. The summed E-state index contributed by atoms with van der Waals surface area (Å²) in [4.78, 5) is 29.3. The minimum atomic E-state index is -0.986. The standard InChI is InChI=1S/C15H12N2O4/c18-14(19)9-3-1-8(2-4-9)13-16-11-6-5-10(15(20)21)7-12(11)17-13/h1,3-8H,2H2,(H,16,17)(H,18,19)(H,20,21). The smallest absolute Gasteiger partial charge is 0.335 e. The molecule has 6 nitrogen and oxygen atoms in total. The lowest BCUT2D eigenvalue weighted by Gasteiger charge is -2.11. The molecular weight excluding hydrogens is 272 g/mol.